The lowest BCUT2D eigenvalue weighted by Crippen LogP contribution is -2.29. The molecule has 0 N–H and O–H groups in total. The molecule has 2 heterocycles. The first-order chi connectivity index (χ1) is 5.45. The number of likely N-dealkylation sites (tertiary alicyclic amines) is 1. The molecule has 2 nitrogen and oxygen atoms in total. The summed E-state index contributed by atoms with van der Waals surface area (Å²) in [5.41, 5.74) is 0. The van der Waals surface area contributed by atoms with Gasteiger partial charge in [-0.3, -0.25) is 0 Å². The summed E-state index contributed by atoms with van der Waals surface area (Å²) in [6, 6.07) is 0. The minimum atomic E-state index is 0.563. The third-order valence-corrected chi connectivity index (χ3v) is 2.68. The molecule has 0 saturated carbocycles. The summed E-state index contributed by atoms with van der Waals surface area (Å²) >= 11 is 0. The molecule has 2 fully saturated rings. The zero-order chi connectivity index (χ0) is 7.52. The summed E-state index contributed by atoms with van der Waals surface area (Å²) in [5.74, 6) is 0. The Hall–Kier alpha value is -0.0800. The van der Waals surface area contributed by atoms with Crippen LogP contribution in [0.1, 0.15) is 25.7 Å². The maximum atomic E-state index is 5.57. The van der Waals surface area contributed by atoms with Crippen LogP contribution in [0.2, 0.25) is 0 Å². The Morgan fingerprint density at radius 2 is 2.00 bits per heavy atom. The second-order valence-corrected chi connectivity index (χ2v) is 3.64. The van der Waals surface area contributed by atoms with Gasteiger partial charge in [-0.25, -0.2) is 0 Å². The highest BCUT2D eigenvalue weighted by atomic mass is 16.5. The highest BCUT2D eigenvalue weighted by molar-refractivity contribution is 4.73. The molecule has 0 aliphatic carbocycles. The molecule has 2 aliphatic heterocycles. The van der Waals surface area contributed by atoms with Crippen LogP contribution >= 0.6 is 0 Å². The number of hydrogen-bond acceptors (Lipinski definition) is 2. The predicted octanol–water partition coefficient (Wildman–Crippen LogP) is 1.26. The van der Waals surface area contributed by atoms with Gasteiger partial charge in [0.2, 0.25) is 0 Å². The fourth-order valence-corrected chi connectivity index (χ4v) is 2.04. The van der Waals surface area contributed by atoms with E-state index in [9.17, 15) is 0 Å². The minimum absolute atomic E-state index is 0.563. The standard InChI is InChI=1S/C9H17NO/c1-2-6-10(5-1)8-9-4-3-7-11-9/h9H,1-8H2. The zero-order valence-corrected chi connectivity index (χ0v) is 7.09. The Morgan fingerprint density at radius 1 is 1.18 bits per heavy atom. The van der Waals surface area contributed by atoms with E-state index in [1.165, 1.54) is 45.3 Å². The van der Waals surface area contributed by atoms with Crippen LogP contribution in [-0.2, 0) is 4.74 Å². The lowest BCUT2D eigenvalue weighted by molar-refractivity contribution is 0.0807. The van der Waals surface area contributed by atoms with Crippen LogP contribution in [-0.4, -0.2) is 37.2 Å². The van der Waals surface area contributed by atoms with Gasteiger partial charge in [0.25, 0.3) is 0 Å². The highest BCUT2D eigenvalue weighted by Crippen LogP contribution is 2.16. The van der Waals surface area contributed by atoms with Crippen molar-refractivity contribution in [2.45, 2.75) is 31.8 Å². The van der Waals surface area contributed by atoms with E-state index in [1.807, 2.05) is 0 Å². The van der Waals surface area contributed by atoms with E-state index in [4.69, 9.17) is 4.74 Å². The maximum Gasteiger partial charge on any atom is 0.0702 e. The Labute approximate surface area is 68.5 Å². The van der Waals surface area contributed by atoms with Gasteiger partial charge in [-0.15, -0.1) is 0 Å². The van der Waals surface area contributed by atoms with E-state index >= 15 is 0 Å². The molecular formula is C9H17NO. The van der Waals surface area contributed by atoms with Crippen LogP contribution < -0.4 is 0 Å². The summed E-state index contributed by atoms with van der Waals surface area (Å²) < 4.78 is 5.57. The molecule has 0 amide bonds. The van der Waals surface area contributed by atoms with Crippen LogP contribution in [0.3, 0.4) is 0 Å². The fourth-order valence-electron chi connectivity index (χ4n) is 2.04. The number of hydrogen-bond donors (Lipinski definition) is 0. The van der Waals surface area contributed by atoms with Crippen LogP contribution in [0.15, 0.2) is 0 Å². The molecular weight excluding hydrogens is 138 g/mol. The fraction of sp³-hybridized carbons (Fsp3) is 1.00. The Bertz CT molecular complexity index is 101. The van der Waals surface area contributed by atoms with Crippen LogP contribution in [0, 0.1) is 0 Å². The second-order valence-electron chi connectivity index (χ2n) is 3.64. The molecule has 0 radical (unpaired) electrons. The van der Waals surface area contributed by atoms with Gasteiger partial charge in [-0.2, -0.15) is 0 Å². The average Bonchev–Trinajstić information content (AvgIpc) is 2.60. The lowest BCUT2D eigenvalue weighted by Gasteiger charge is -2.18. The molecule has 0 aromatic carbocycles. The molecule has 2 heteroatoms. The first kappa shape index (κ1) is 7.56. The van der Waals surface area contributed by atoms with E-state index in [1.54, 1.807) is 0 Å². The van der Waals surface area contributed by atoms with E-state index in [0.717, 1.165) is 6.61 Å². The predicted molar refractivity (Wildman–Crippen MR) is 44.6 cm³/mol. The van der Waals surface area contributed by atoms with Crippen molar-refractivity contribution in [3.05, 3.63) is 0 Å². The van der Waals surface area contributed by atoms with Crippen LogP contribution in [0.25, 0.3) is 0 Å². The first-order valence-electron chi connectivity index (χ1n) is 4.79. The van der Waals surface area contributed by atoms with Gasteiger partial charge in [0.1, 0.15) is 0 Å². The van der Waals surface area contributed by atoms with E-state index in [0.29, 0.717) is 6.10 Å². The summed E-state index contributed by atoms with van der Waals surface area (Å²) in [6.07, 6.45) is 5.92. The molecule has 64 valence electrons. The van der Waals surface area contributed by atoms with Gasteiger partial charge in [0.15, 0.2) is 0 Å². The van der Waals surface area contributed by atoms with Gasteiger partial charge < -0.3 is 9.64 Å². The molecule has 0 bridgehead atoms. The zero-order valence-electron chi connectivity index (χ0n) is 7.09. The number of ether oxygens (including phenoxy) is 1. The van der Waals surface area contributed by atoms with Crippen molar-refractivity contribution < 1.29 is 4.74 Å². The van der Waals surface area contributed by atoms with Crippen molar-refractivity contribution in [1.82, 2.24) is 4.90 Å². The second kappa shape index (κ2) is 3.55. The molecule has 1 unspecified atom stereocenters. The van der Waals surface area contributed by atoms with Crippen LogP contribution in [0.5, 0.6) is 0 Å². The van der Waals surface area contributed by atoms with E-state index in [2.05, 4.69) is 4.90 Å². The third kappa shape index (κ3) is 1.94. The van der Waals surface area contributed by atoms with Crippen molar-refractivity contribution in [3.63, 3.8) is 0 Å². The van der Waals surface area contributed by atoms with E-state index < -0.39 is 0 Å². The normalized spacial score (nSPS) is 33.3. The van der Waals surface area contributed by atoms with Crippen molar-refractivity contribution in [2.75, 3.05) is 26.2 Å². The van der Waals surface area contributed by atoms with E-state index in [-0.39, 0.29) is 0 Å². The van der Waals surface area contributed by atoms with Gasteiger partial charge in [-0.1, -0.05) is 0 Å². The largest absolute Gasteiger partial charge is 0.377 e. The van der Waals surface area contributed by atoms with Gasteiger partial charge >= 0.3 is 0 Å². The Morgan fingerprint density at radius 3 is 2.64 bits per heavy atom. The van der Waals surface area contributed by atoms with Crippen molar-refractivity contribution in [1.29, 1.82) is 0 Å². The SMILES string of the molecule is C1COC(CN2CCCC2)C1. The van der Waals surface area contributed by atoms with Gasteiger partial charge in [-0.05, 0) is 38.8 Å². The van der Waals surface area contributed by atoms with Crippen LogP contribution in [0.4, 0.5) is 0 Å². The molecule has 11 heavy (non-hydrogen) atoms. The third-order valence-electron chi connectivity index (χ3n) is 2.68. The Kier molecular flexibility index (Phi) is 2.44. The average molecular weight is 155 g/mol. The number of rotatable bonds is 2. The topological polar surface area (TPSA) is 12.5 Å². The van der Waals surface area contributed by atoms with Crippen molar-refractivity contribution >= 4 is 0 Å². The summed E-state index contributed by atoms with van der Waals surface area (Å²) in [5, 5.41) is 0. The maximum absolute atomic E-state index is 5.57. The smallest absolute Gasteiger partial charge is 0.0702 e. The Balaban J connectivity index is 1.71. The molecule has 2 rings (SSSR count). The molecule has 1 atom stereocenters. The quantitative estimate of drug-likeness (QED) is 0.595. The van der Waals surface area contributed by atoms with Crippen molar-refractivity contribution in [3.8, 4) is 0 Å². The molecule has 0 aromatic rings. The monoisotopic (exact) mass is 155 g/mol. The molecule has 2 aliphatic rings. The highest BCUT2D eigenvalue weighted by Gasteiger charge is 2.20. The first-order valence-corrected chi connectivity index (χ1v) is 4.79. The molecule has 2 saturated heterocycles. The molecule has 0 aromatic heterocycles. The summed E-state index contributed by atoms with van der Waals surface area (Å²) in [7, 11) is 0. The van der Waals surface area contributed by atoms with Gasteiger partial charge in [0, 0.05) is 13.2 Å². The van der Waals surface area contributed by atoms with Gasteiger partial charge in [0.05, 0.1) is 6.10 Å². The number of nitrogens with zero attached hydrogens (tertiary/aromatic N) is 1. The minimum Gasteiger partial charge on any atom is -0.377 e. The summed E-state index contributed by atoms with van der Waals surface area (Å²) in [6.45, 7) is 4.80. The molecule has 0 spiro atoms. The lowest BCUT2D eigenvalue weighted by atomic mass is 10.2. The van der Waals surface area contributed by atoms with Crippen molar-refractivity contribution in [2.24, 2.45) is 0 Å². The summed E-state index contributed by atoms with van der Waals surface area (Å²) in [4.78, 5) is 2.54.